The zero-order chi connectivity index (χ0) is 18.9. The van der Waals surface area contributed by atoms with Gasteiger partial charge in [-0.15, -0.1) is 12.4 Å². The Labute approximate surface area is 162 Å². The standard InChI is InChI=1S/C16H22F3N3O3S.ClH/c1-11-8-12-9-13(2-3-14(12)25-11)26(23,24)21-10-15(16(17,18)19)22-6-4-20-5-7-22;/h2-3,9,11,15,20-21H,4-8,10H2,1H3;1H. The fourth-order valence-corrected chi connectivity index (χ4v) is 4.37. The first-order valence-corrected chi connectivity index (χ1v) is 9.96. The highest BCUT2D eigenvalue weighted by Gasteiger charge is 2.44. The van der Waals surface area contributed by atoms with Crippen molar-refractivity contribution in [1.29, 1.82) is 0 Å². The van der Waals surface area contributed by atoms with Crippen LogP contribution in [0.3, 0.4) is 0 Å². The van der Waals surface area contributed by atoms with E-state index in [4.69, 9.17) is 4.74 Å². The third-order valence-corrected chi connectivity index (χ3v) is 6.04. The van der Waals surface area contributed by atoms with Crippen LogP contribution in [0.2, 0.25) is 0 Å². The summed E-state index contributed by atoms with van der Waals surface area (Å²) in [6.07, 6.45) is -3.98. The van der Waals surface area contributed by atoms with Gasteiger partial charge in [-0.25, -0.2) is 13.1 Å². The molecule has 1 saturated heterocycles. The van der Waals surface area contributed by atoms with E-state index >= 15 is 0 Å². The Bertz CT molecular complexity index is 755. The van der Waals surface area contributed by atoms with E-state index in [1.54, 1.807) is 6.07 Å². The second kappa shape index (κ2) is 8.52. The summed E-state index contributed by atoms with van der Waals surface area (Å²) in [4.78, 5) is 1.22. The smallest absolute Gasteiger partial charge is 0.405 e. The third-order valence-electron chi connectivity index (χ3n) is 4.61. The van der Waals surface area contributed by atoms with E-state index in [0.717, 1.165) is 5.56 Å². The molecular weight excluding hydrogens is 407 g/mol. The van der Waals surface area contributed by atoms with Gasteiger partial charge in [0.25, 0.3) is 0 Å². The number of hydrogen-bond acceptors (Lipinski definition) is 5. The lowest BCUT2D eigenvalue weighted by Crippen LogP contribution is -2.57. The number of hydrogen-bond donors (Lipinski definition) is 2. The van der Waals surface area contributed by atoms with Crippen LogP contribution < -0.4 is 14.8 Å². The Balaban J connectivity index is 0.00000261. The van der Waals surface area contributed by atoms with Crippen molar-refractivity contribution in [3.8, 4) is 5.75 Å². The number of sulfonamides is 1. The quantitative estimate of drug-likeness (QED) is 0.743. The number of alkyl halides is 3. The predicted octanol–water partition coefficient (Wildman–Crippen LogP) is 1.55. The normalized spacial score (nSPS) is 21.9. The highest BCUT2D eigenvalue weighted by atomic mass is 35.5. The Morgan fingerprint density at radius 3 is 2.63 bits per heavy atom. The maximum absolute atomic E-state index is 13.4. The Hall–Kier alpha value is -1.07. The second-order valence-corrected chi connectivity index (χ2v) is 8.36. The molecule has 0 saturated carbocycles. The third kappa shape index (κ3) is 5.26. The molecule has 2 heterocycles. The summed E-state index contributed by atoms with van der Waals surface area (Å²) < 4.78 is 72.8. The van der Waals surface area contributed by atoms with Crippen LogP contribution in [0.1, 0.15) is 12.5 Å². The van der Waals surface area contributed by atoms with Gasteiger partial charge in [-0.2, -0.15) is 13.2 Å². The molecule has 0 bridgehead atoms. The number of nitrogens with one attached hydrogen (secondary N) is 2. The molecule has 154 valence electrons. The molecule has 3 rings (SSSR count). The zero-order valence-electron chi connectivity index (χ0n) is 14.8. The summed E-state index contributed by atoms with van der Waals surface area (Å²) in [5.41, 5.74) is 0.745. The molecule has 0 spiro atoms. The first-order chi connectivity index (χ1) is 12.2. The predicted molar refractivity (Wildman–Crippen MR) is 97.0 cm³/mol. The lowest BCUT2D eigenvalue weighted by atomic mass is 10.1. The van der Waals surface area contributed by atoms with E-state index in [9.17, 15) is 21.6 Å². The Morgan fingerprint density at radius 2 is 2.00 bits per heavy atom. The summed E-state index contributed by atoms with van der Waals surface area (Å²) in [6.45, 7) is 2.49. The van der Waals surface area contributed by atoms with Crippen molar-refractivity contribution >= 4 is 22.4 Å². The number of nitrogens with zero attached hydrogens (tertiary/aromatic N) is 1. The summed E-state index contributed by atoms with van der Waals surface area (Å²) in [7, 11) is -4.04. The van der Waals surface area contributed by atoms with Crippen molar-refractivity contribution in [2.45, 2.75) is 36.6 Å². The topological polar surface area (TPSA) is 70.7 Å². The van der Waals surface area contributed by atoms with Crippen molar-refractivity contribution in [3.63, 3.8) is 0 Å². The zero-order valence-corrected chi connectivity index (χ0v) is 16.4. The molecule has 2 unspecified atom stereocenters. The monoisotopic (exact) mass is 429 g/mol. The van der Waals surface area contributed by atoms with Gasteiger partial charge in [0.1, 0.15) is 17.9 Å². The molecule has 2 aliphatic rings. The van der Waals surface area contributed by atoms with Crippen LogP contribution in [0.4, 0.5) is 13.2 Å². The summed E-state index contributed by atoms with van der Waals surface area (Å²) in [5.74, 6) is 0.616. The largest absolute Gasteiger partial charge is 0.490 e. The van der Waals surface area contributed by atoms with Crippen LogP contribution in [-0.2, 0) is 16.4 Å². The summed E-state index contributed by atoms with van der Waals surface area (Å²) in [5, 5.41) is 2.99. The molecule has 0 radical (unpaired) electrons. The highest BCUT2D eigenvalue weighted by molar-refractivity contribution is 7.89. The van der Waals surface area contributed by atoms with E-state index in [1.165, 1.54) is 17.0 Å². The van der Waals surface area contributed by atoms with Gasteiger partial charge >= 0.3 is 6.18 Å². The fourth-order valence-electron chi connectivity index (χ4n) is 3.28. The lowest BCUT2D eigenvalue weighted by molar-refractivity contribution is -0.182. The molecule has 6 nitrogen and oxygen atoms in total. The van der Waals surface area contributed by atoms with Crippen LogP contribution >= 0.6 is 12.4 Å². The molecule has 11 heteroatoms. The number of halogens is 4. The van der Waals surface area contributed by atoms with Crippen LogP contribution in [0.5, 0.6) is 5.75 Å². The maximum Gasteiger partial charge on any atom is 0.405 e. The Kier molecular flexibility index (Phi) is 7.01. The van der Waals surface area contributed by atoms with Gasteiger partial charge in [0.05, 0.1) is 4.90 Å². The molecule has 1 fully saturated rings. The van der Waals surface area contributed by atoms with Crippen LogP contribution in [-0.4, -0.2) is 64.4 Å². The van der Waals surface area contributed by atoms with Gasteiger partial charge in [0.2, 0.25) is 10.0 Å². The highest BCUT2D eigenvalue weighted by Crippen LogP contribution is 2.31. The summed E-state index contributed by atoms with van der Waals surface area (Å²) >= 11 is 0. The van der Waals surface area contributed by atoms with Gasteiger partial charge in [-0.3, -0.25) is 4.90 Å². The number of benzene rings is 1. The van der Waals surface area contributed by atoms with Crippen molar-refractivity contribution in [2.75, 3.05) is 32.7 Å². The van der Waals surface area contributed by atoms with E-state index in [2.05, 4.69) is 10.0 Å². The average Bonchev–Trinajstić information content (AvgIpc) is 2.93. The summed E-state index contributed by atoms with van der Waals surface area (Å²) in [6, 6.07) is 2.52. The molecule has 2 aliphatic heterocycles. The van der Waals surface area contributed by atoms with E-state index in [0.29, 0.717) is 25.3 Å². The first-order valence-electron chi connectivity index (χ1n) is 8.47. The minimum atomic E-state index is -4.51. The van der Waals surface area contributed by atoms with Crippen molar-refractivity contribution in [2.24, 2.45) is 0 Å². The maximum atomic E-state index is 13.4. The number of rotatable bonds is 5. The fraction of sp³-hybridized carbons (Fsp3) is 0.625. The molecule has 1 aromatic rings. The van der Waals surface area contributed by atoms with Crippen LogP contribution in [0, 0.1) is 0 Å². The van der Waals surface area contributed by atoms with Crippen molar-refractivity contribution < 1.29 is 26.3 Å². The SMILES string of the molecule is CC1Cc2cc(S(=O)(=O)NCC(N3CCNCC3)C(F)(F)F)ccc2O1.Cl. The van der Waals surface area contributed by atoms with Crippen LogP contribution in [0.25, 0.3) is 0 Å². The van der Waals surface area contributed by atoms with Gasteiger partial charge in [-0.05, 0) is 30.7 Å². The van der Waals surface area contributed by atoms with Crippen LogP contribution in [0.15, 0.2) is 23.1 Å². The molecule has 0 aliphatic carbocycles. The molecule has 0 amide bonds. The van der Waals surface area contributed by atoms with Gasteiger partial charge in [-0.1, -0.05) is 0 Å². The number of piperazine rings is 1. The van der Waals surface area contributed by atoms with Gasteiger partial charge in [0.15, 0.2) is 0 Å². The molecule has 2 atom stereocenters. The molecular formula is C16H23ClF3N3O3S. The number of fused-ring (bicyclic) bond motifs is 1. The minimum absolute atomic E-state index is 0. The van der Waals surface area contributed by atoms with E-state index in [-0.39, 0.29) is 36.5 Å². The lowest BCUT2D eigenvalue weighted by Gasteiger charge is -2.35. The average molecular weight is 430 g/mol. The van der Waals surface area contributed by atoms with E-state index < -0.39 is 28.8 Å². The molecule has 27 heavy (non-hydrogen) atoms. The van der Waals surface area contributed by atoms with Gasteiger partial charge < -0.3 is 10.1 Å². The Morgan fingerprint density at radius 1 is 1.33 bits per heavy atom. The molecule has 1 aromatic carbocycles. The minimum Gasteiger partial charge on any atom is -0.490 e. The van der Waals surface area contributed by atoms with E-state index in [1.807, 2.05) is 6.92 Å². The first kappa shape index (κ1) is 22.2. The van der Waals surface area contributed by atoms with Crippen molar-refractivity contribution in [3.05, 3.63) is 23.8 Å². The second-order valence-electron chi connectivity index (χ2n) is 6.60. The molecule has 0 aromatic heterocycles. The molecule has 2 N–H and O–H groups in total. The van der Waals surface area contributed by atoms with Gasteiger partial charge in [0, 0.05) is 39.1 Å². The van der Waals surface area contributed by atoms with Crippen molar-refractivity contribution in [1.82, 2.24) is 14.9 Å². The number of ether oxygens (including phenoxy) is 1.